The number of hydrogen-bond donors (Lipinski definition) is 2. The van der Waals surface area contributed by atoms with Crippen LogP contribution in [0.2, 0.25) is 0 Å². The van der Waals surface area contributed by atoms with E-state index in [0.717, 1.165) is 0 Å². The van der Waals surface area contributed by atoms with Crippen LogP contribution in [0.1, 0.15) is 13.8 Å². The number of halogens is 1. The molecule has 3 N–H and O–H groups in total. The van der Waals surface area contributed by atoms with Gasteiger partial charge in [0.1, 0.15) is 23.9 Å². The lowest BCUT2D eigenvalue weighted by Crippen LogP contribution is -2.35. The molecule has 0 aliphatic heterocycles. The van der Waals surface area contributed by atoms with Crippen LogP contribution in [0.15, 0.2) is 23.2 Å². The highest BCUT2D eigenvalue weighted by atomic mass is 127. The number of nitrogens with two attached hydrogens (primary N) is 1. The van der Waals surface area contributed by atoms with Crippen molar-refractivity contribution < 1.29 is 14.2 Å². The van der Waals surface area contributed by atoms with E-state index >= 15 is 0 Å². The first-order valence-electron chi connectivity index (χ1n) is 6.94. The Morgan fingerprint density at radius 2 is 1.68 bits per heavy atom. The van der Waals surface area contributed by atoms with Crippen molar-refractivity contribution in [2.24, 2.45) is 16.6 Å². The van der Waals surface area contributed by atoms with E-state index in [1.807, 2.05) is 0 Å². The smallest absolute Gasteiger partial charge is 0.188 e. The zero-order valence-corrected chi connectivity index (χ0v) is 15.9. The van der Waals surface area contributed by atoms with Crippen molar-refractivity contribution in [2.75, 3.05) is 33.9 Å². The maximum absolute atomic E-state index is 5.74. The SMILES string of the molecule is COc1cc(OC)cc(OCCNC(N)=NCC(C)C)c1.I. The molecule has 0 amide bonds. The topological polar surface area (TPSA) is 78.1 Å². The Bertz CT molecular complexity index is 445. The van der Waals surface area contributed by atoms with Crippen LogP contribution in [0.3, 0.4) is 0 Å². The van der Waals surface area contributed by atoms with Crippen LogP contribution in [0.5, 0.6) is 17.2 Å². The monoisotopic (exact) mass is 423 g/mol. The zero-order valence-electron chi connectivity index (χ0n) is 13.6. The Balaban J connectivity index is 0.00000441. The summed E-state index contributed by atoms with van der Waals surface area (Å²) in [7, 11) is 3.21. The lowest BCUT2D eigenvalue weighted by molar-refractivity contribution is 0.315. The summed E-state index contributed by atoms with van der Waals surface area (Å²) < 4.78 is 16.0. The van der Waals surface area contributed by atoms with Crippen molar-refractivity contribution in [1.29, 1.82) is 0 Å². The van der Waals surface area contributed by atoms with Crippen molar-refractivity contribution >= 4 is 29.9 Å². The van der Waals surface area contributed by atoms with Gasteiger partial charge in [-0.3, -0.25) is 4.99 Å². The van der Waals surface area contributed by atoms with Gasteiger partial charge in [-0.05, 0) is 5.92 Å². The molecule has 6 nitrogen and oxygen atoms in total. The van der Waals surface area contributed by atoms with Crippen molar-refractivity contribution in [3.63, 3.8) is 0 Å². The Kier molecular flexibility index (Phi) is 10.5. The average Bonchev–Trinajstić information content (AvgIpc) is 2.49. The molecule has 0 heterocycles. The number of ether oxygens (including phenoxy) is 3. The summed E-state index contributed by atoms with van der Waals surface area (Å²) >= 11 is 0. The molecule has 0 aliphatic carbocycles. The summed E-state index contributed by atoms with van der Waals surface area (Å²) in [6, 6.07) is 5.40. The molecule has 0 bridgehead atoms. The van der Waals surface area contributed by atoms with Crippen molar-refractivity contribution in [3.05, 3.63) is 18.2 Å². The predicted octanol–water partition coefficient (Wildman–Crippen LogP) is 2.26. The number of nitrogens with one attached hydrogen (secondary N) is 1. The predicted molar refractivity (Wildman–Crippen MR) is 99.8 cm³/mol. The van der Waals surface area contributed by atoms with Gasteiger partial charge >= 0.3 is 0 Å². The molecule has 0 radical (unpaired) electrons. The third kappa shape index (κ3) is 8.16. The molecule has 1 aromatic carbocycles. The highest BCUT2D eigenvalue weighted by molar-refractivity contribution is 14.0. The number of benzene rings is 1. The second-order valence-corrected chi connectivity index (χ2v) is 4.94. The zero-order chi connectivity index (χ0) is 15.7. The molecule has 0 saturated carbocycles. The van der Waals surface area contributed by atoms with Crippen molar-refractivity contribution in [2.45, 2.75) is 13.8 Å². The van der Waals surface area contributed by atoms with Crippen LogP contribution in [0.4, 0.5) is 0 Å². The lowest BCUT2D eigenvalue weighted by atomic mass is 10.2. The van der Waals surface area contributed by atoms with E-state index in [0.29, 0.717) is 48.8 Å². The van der Waals surface area contributed by atoms with E-state index in [-0.39, 0.29) is 24.0 Å². The first kappa shape index (κ1) is 20.6. The molecule has 126 valence electrons. The molecule has 1 aromatic rings. The molecule has 0 unspecified atom stereocenters. The van der Waals surface area contributed by atoms with E-state index in [1.54, 1.807) is 32.4 Å². The molecule has 22 heavy (non-hydrogen) atoms. The molecular weight excluding hydrogens is 397 g/mol. The van der Waals surface area contributed by atoms with Gasteiger partial charge in [0.05, 0.1) is 20.8 Å². The van der Waals surface area contributed by atoms with E-state index in [2.05, 4.69) is 24.2 Å². The van der Waals surface area contributed by atoms with E-state index in [1.165, 1.54) is 0 Å². The minimum absolute atomic E-state index is 0. The van der Waals surface area contributed by atoms with Gasteiger partial charge in [-0.1, -0.05) is 13.8 Å². The fourth-order valence-electron chi connectivity index (χ4n) is 1.55. The first-order valence-corrected chi connectivity index (χ1v) is 6.94. The highest BCUT2D eigenvalue weighted by Crippen LogP contribution is 2.27. The van der Waals surface area contributed by atoms with Crippen molar-refractivity contribution in [3.8, 4) is 17.2 Å². The van der Waals surface area contributed by atoms with Gasteiger partial charge in [-0.2, -0.15) is 0 Å². The molecule has 0 saturated heterocycles. The summed E-state index contributed by atoms with van der Waals surface area (Å²) in [5.74, 6) is 3.00. The average molecular weight is 423 g/mol. The highest BCUT2D eigenvalue weighted by Gasteiger charge is 2.02. The maximum Gasteiger partial charge on any atom is 0.188 e. The van der Waals surface area contributed by atoms with Crippen molar-refractivity contribution in [1.82, 2.24) is 5.32 Å². The van der Waals surface area contributed by atoms with E-state index in [9.17, 15) is 0 Å². The number of aliphatic imine (C=N–C) groups is 1. The summed E-state index contributed by atoms with van der Waals surface area (Å²) in [6.07, 6.45) is 0. The molecule has 0 aromatic heterocycles. The quantitative estimate of drug-likeness (QED) is 0.290. The largest absolute Gasteiger partial charge is 0.496 e. The normalized spacial score (nSPS) is 10.9. The molecule has 7 heteroatoms. The van der Waals surface area contributed by atoms with Crippen LogP contribution in [-0.2, 0) is 0 Å². The van der Waals surface area contributed by atoms with Gasteiger partial charge in [0.25, 0.3) is 0 Å². The van der Waals surface area contributed by atoms with Crippen LogP contribution >= 0.6 is 24.0 Å². The lowest BCUT2D eigenvalue weighted by Gasteiger charge is -2.11. The fraction of sp³-hybridized carbons (Fsp3) is 0.533. The van der Waals surface area contributed by atoms with Crippen LogP contribution < -0.4 is 25.3 Å². The second-order valence-electron chi connectivity index (χ2n) is 4.94. The number of rotatable bonds is 8. The maximum atomic E-state index is 5.74. The van der Waals surface area contributed by atoms with Crippen LogP contribution in [0.25, 0.3) is 0 Å². The minimum atomic E-state index is 0. The third-order valence-electron chi connectivity index (χ3n) is 2.63. The van der Waals surface area contributed by atoms with Crippen LogP contribution in [-0.4, -0.2) is 39.9 Å². The molecular formula is C15H26IN3O3. The third-order valence-corrected chi connectivity index (χ3v) is 2.63. The minimum Gasteiger partial charge on any atom is -0.496 e. The van der Waals surface area contributed by atoms with Gasteiger partial charge in [0.15, 0.2) is 5.96 Å². The molecule has 0 spiro atoms. The fourth-order valence-corrected chi connectivity index (χ4v) is 1.55. The van der Waals surface area contributed by atoms with E-state index in [4.69, 9.17) is 19.9 Å². The Labute approximate surface area is 149 Å². The standard InChI is InChI=1S/C15H25N3O3.HI/c1-11(2)10-18-15(16)17-5-6-21-14-8-12(19-3)7-13(9-14)20-4;/h7-9,11H,5-6,10H2,1-4H3,(H3,16,17,18);1H. The van der Waals surface area contributed by atoms with Gasteiger partial charge in [-0.25, -0.2) is 0 Å². The summed E-state index contributed by atoms with van der Waals surface area (Å²) in [5.41, 5.74) is 5.74. The summed E-state index contributed by atoms with van der Waals surface area (Å²) in [5, 5.41) is 3.01. The van der Waals surface area contributed by atoms with Crippen LogP contribution in [0, 0.1) is 5.92 Å². The molecule has 0 aliphatic rings. The Morgan fingerprint density at radius 1 is 1.14 bits per heavy atom. The first-order chi connectivity index (χ1) is 10.0. The van der Waals surface area contributed by atoms with Gasteiger partial charge in [-0.15, -0.1) is 24.0 Å². The van der Waals surface area contributed by atoms with Gasteiger partial charge in [0.2, 0.25) is 0 Å². The van der Waals surface area contributed by atoms with Gasteiger partial charge < -0.3 is 25.3 Å². The number of guanidine groups is 1. The molecule has 1 rings (SSSR count). The number of hydrogen-bond acceptors (Lipinski definition) is 4. The number of nitrogens with zero attached hydrogens (tertiary/aromatic N) is 1. The Hall–Kier alpha value is -1.38. The number of methoxy groups -OCH3 is 2. The van der Waals surface area contributed by atoms with E-state index < -0.39 is 0 Å². The molecule has 0 fully saturated rings. The summed E-state index contributed by atoms with van der Waals surface area (Å²) in [4.78, 5) is 4.21. The second kappa shape index (κ2) is 11.2. The van der Waals surface area contributed by atoms with Gasteiger partial charge in [0, 0.05) is 24.7 Å². The Morgan fingerprint density at radius 3 is 2.18 bits per heavy atom. The summed E-state index contributed by atoms with van der Waals surface area (Å²) in [6.45, 7) is 5.94. The molecule has 0 atom stereocenters.